The Morgan fingerprint density at radius 1 is 1.23 bits per heavy atom. The fourth-order valence-electron chi connectivity index (χ4n) is 3.01. The monoisotopic (exact) mass is 182 g/mol. The summed E-state index contributed by atoms with van der Waals surface area (Å²) < 4.78 is 0. The Labute approximate surface area is 81.5 Å². The van der Waals surface area contributed by atoms with E-state index in [0.717, 1.165) is 11.8 Å². The van der Waals surface area contributed by atoms with Crippen LogP contribution in [0.5, 0.6) is 0 Å². The highest BCUT2D eigenvalue weighted by Gasteiger charge is 2.38. The van der Waals surface area contributed by atoms with Crippen molar-refractivity contribution in [1.29, 1.82) is 0 Å². The van der Waals surface area contributed by atoms with Crippen molar-refractivity contribution in [3.05, 3.63) is 0 Å². The molecule has 1 heterocycles. The highest BCUT2D eigenvalue weighted by molar-refractivity contribution is 4.93. The van der Waals surface area contributed by atoms with Gasteiger partial charge in [-0.2, -0.15) is 0 Å². The number of rotatable bonds is 3. The Balaban J connectivity index is 1.77. The molecule has 0 aromatic rings. The maximum Gasteiger partial charge on any atom is 0.00452 e. The first-order valence-electron chi connectivity index (χ1n) is 5.77. The zero-order valence-corrected chi connectivity index (χ0v) is 8.71. The number of unbranched alkanes of at least 4 members (excludes halogenated alkanes) is 1. The first-order valence-corrected chi connectivity index (χ1v) is 5.77. The van der Waals surface area contributed by atoms with Crippen molar-refractivity contribution in [1.82, 2.24) is 4.90 Å². The molecular formula is C11H22N2. The molecule has 2 rings (SSSR count). The summed E-state index contributed by atoms with van der Waals surface area (Å²) in [5, 5.41) is 0. The summed E-state index contributed by atoms with van der Waals surface area (Å²) in [6.45, 7) is 6.25. The molecule has 76 valence electrons. The van der Waals surface area contributed by atoms with Crippen LogP contribution in [0.25, 0.3) is 0 Å². The second-order valence-corrected chi connectivity index (χ2v) is 4.86. The fraction of sp³-hybridized carbons (Fsp3) is 1.00. The molecule has 2 nitrogen and oxygen atoms in total. The molecule has 1 aliphatic heterocycles. The van der Waals surface area contributed by atoms with Gasteiger partial charge in [0.05, 0.1) is 0 Å². The van der Waals surface area contributed by atoms with E-state index in [-0.39, 0.29) is 0 Å². The van der Waals surface area contributed by atoms with Crippen molar-refractivity contribution < 1.29 is 0 Å². The molecule has 0 bridgehead atoms. The molecule has 1 saturated carbocycles. The molecule has 0 radical (unpaired) electrons. The van der Waals surface area contributed by atoms with Crippen LogP contribution in [0.15, 0.2) is 0 Å². The van der Waals surface area contributed by atoms with Crippen molar-refractivity contribution in [2.75, 3.05) is 19.6 Å². The van der Waals surface area contributed by atoms with E-state index in [2.05, 4.69) is 11.8 Å². The highest BCUT2D eigenvalue weighted by Crippen LogP contribution is 2.37. The van der Waals surface area contributed by atoms with Crippen LogP contribution in [0.4, 0.5) is 0 Å². The molecule has 0 spiro atoms. The van der Waals surface area contributed by atoms with E-state index < -0.39 is 0 Å². The largest absolute Gasteiger partial charge is 0.328 e. The number of nitrogens with zero attached hydrogens (tertiary/aromatic N) is 1. The average Bonchev–Trinajstić information content (AvgIpc) is 2.57. The lowest BCUT2D eigenvalue weighted by Gasteiger charge is -2.16. The summed E-state index contributed by atoms with van der Waals surface area (Å²) in [7, 11) is 0. The molecule has 2 aliphatic rings. The molecule has 0 aromatic heterocycles. The molecular weight excluding hydrogens is 160 g/mol. The predicted octanol–water partition coefficient (Wildman–Crippen LogP) is 1.46. The SMILES string of the molecule is CCCCN1C[C@H]2CC(N)C[C@H]2C1. The summed E-state index contributed by atoms with van der Waals surface area (Å²) in [6.07, 6.45) is 5.26. The molecule has 2 fully saturated rings. The molecule has 2 heteroatoms. The van der Waals surface area contributed by atoms with E-state index in [0.29, 0.717) is 6.04 Å². The van der Waals surface area contributed by atoms with Gasteiger partial charge in [0.2, 0.25) is 0 Å². The smallest absolute Gasteiger partial charge is 0.00452 e. The summed E-state index contributed by atoms with van der Waals surface area (Å²) in [5.74, 6) is 1.87. The van der Waals surface area contributed by atoms with Gasteiger partial charge in [-0.25, -0.2) is 0 Å². The molecule has 2 N–H and O–H groups in total. The van der Waals surface area contributed by atoms with Crippen molar-refractivity contribution in [3.63, 3.8) is 0 Å². The Bertz CT molecular complexity index is 155. The zero-order chi connectivity index (χ0) is 9.26. The molecule has 0 aromatic carbocycles. The molecule has 1 aliphatic carbocycles. The minimum absolute atomic E-state index is 0.517. The average molecular weight is 182 g/mol. The maximum atomic E-state index is 5.95. The third-order valence-corrected chi connectivity index (χ3v) is 3.69. The van der Waals surface area contributed by atoms with Gasteiger partial charge in [-0.05, 0) is 37.6 Å². The van der Waals surface area contributed by atoms with Gasteiger partial charge in [0.15, 0.2) is 0 Å². The number of hydrogen-bond donors (Lipinski definition) is 1. The van der Waals surface area contributed by atoms with Crippen LogP contribution >= 0.6 is 0 Å². The van der Waals surface area contributed by atoms with Crippen molar-refractivity contribution in [3.8, 4) is 0 Å². The Kier molecular flexibility index (Phi) is 2.89. The van der Waals surface area contributed by atoms with E-state index in [1.54, 1.807) is 0 Å². The Hall–Kier alpha value is -0.0800. The Morgan fingerprint density at radius 3 is 2.38 bits per heavy atom. The standard InChI is InChI=1S/C11H22N2/c1-2-3-4-13-7-9-5-11(12)6-10(9)8-13/h9-11H,2-8,12H2,1H3/t9-,10+,11?. The van der Waals surface area contributed by atoms with Crippen LogP contribution in [-0.4, -0.2) is 30.6 Å². The molecule has 13 heavy (non-hydrogen) atoms. The van der Waals surface area contributed by atoms with E-state index >= 15 is 0 Å². The third kappa shape index (κ3) is 2.05. The second kappa shape index (κ2) is 3.97. The zero-order valence-electron chi connectivity index (χ0n) is 8.71. The lowest BCUT2D eigenvalue weighted by atomic mass is 10.0. The predicted molar refractivity (Wildman–Crippen MR) is 55.5 cm³/mol. The van der Waals surface area contributed by atoms with E-state index in [4.69, 9.17) is 5.73 Å². The Morgan fingerprint density at radius 2 is 1.85 bits per heavy atom. The lowest BCUT2D eigenvalue weighted by molar-refractivity contribution is 0.302. The van der Waals surface area contributed by atoms with E-state index in [9.17, 15) is 0 Å². The third-order valence-electron chi connectivity index (χ3n) is 3.69. The summed E-state index contributed by atoms with van der Waals surface area (Å²) in [5.41, 5.74) is 5.95. The maximum absolute atomic E-state index is 5.95. The van der Waals surface area contributed by atoms with Crippen LogP contribution in [0.2, 0.25) is 0 Å². The summed E-state index contributed by atoms with van der Waals surface area (Å²) in [4.78, 5) is 2.64. The van der Waals surface area contributed by atoms with Gasteiger partial charge in [-0.1, -0.05) is 13.3 Å². The lowest BCUT2D eigenvalue weighted by Crippen LogP contribution is -2.26. The van der Waals surface area contributed by atoms with Gasteiger partial charge in [0, 0.05) is 19.1 Å². The van der Waals surface area contributed by atoms with Crippen LogP contribution in [0.3, 0.4) is 0 Å². The number of likely N-dealkylation sites (tertiary alicyclic amines) is 1. The van der Waals surface area contributed by atoms with Gasteiger partial charge in [-0.3, -0.25) is 0 Å². The first-order chi connectivity index (χ1) is 6.29. The molecule has 1 saturated heterocycles. The quantitative estimate of drug-likeness (QED) is 0.716. The van der Waals surface area contributed by atoms with E-state index in [1.165, 1.54) is 45.3 Å². The molecule has 1 unspecified atom stereocenters. The van der Waals surface area contributed by atoms with Gasteiger partial charge < -0.3 is 10.6 Å². The van der Waals surface area contributed by atoms with Gasteiger partial charge in [-0.15, -0.1) is 0 Å². The minimum atomic E-state index is 0.517. The topological polar surface area (TPSA) is 29.3 Å². The second-order valence-electron chi connectivity index (χ2n) is 4.86. The normalized spacial score (nSPS) is 39.7. The van der Waals surface area contributed by atoms with Gasteiger partial charge in [0.1, 0.15) is 0 Å². The van der Waals surface area contributed by atoms with Crippen LogP contribution < -0.4 is 5.73 Å². The molecule has 0 amide bonds. The number of hydrogen-bond acceptors (Lipinski definition) is 2. The first kappa shape index (κ1) is 9.47. The summed E-state index contributed by atoms with van der Waals surface area (Å²) in [6, 6.07) is 0.517. The van der Waals surface area contributed by atoms with E-state index in [1.807, 2.05) is 0 Å². The highest BCUT2D eigenvalue weighted by atomic mass is 15.2. The molecule has 3 atom stereocenters. The van der Waals surface area contributed by atoms with Crippen molar-refractivity contribution in [2.45, 2.75) is 38.6 Å². The van der Waals surface area contributed by atoms with Crippen molar-refractivity contribution in [2.24, 2.45) is 17.6 Å². The van der Waals surface area contributed by atoms with Crippen LogP contribution in [0.1, 0.15) is 32.6 Å². The number of fused-ring (bicyclic) bond motifs is 1. The summed E-state index contributed by atoms with van der Waals surface area (Å²) >= 11 is 0. The van der Waals surface area contributed by atoms with Gasteiger partial charge >= 0.3 is 0 Å². The van der Waals surface area contributed by atoms with Crippen LogP contribution in [-0.2, 0) is 0 Å². The minimum Gasteiger partial charge on any atom is -0.328 e. The number of nitrogens with two attached hydrogens (primary N) is 1. The van der Waals surface area contributed by atoms with Crippen molar-refractivity contribution >= 4 is 0 Å². The fourth-order valence-corrected chi connectivity index (χ4v) is 3.01. The van der Waals surface area contributed by atoms with Gasteiger partial charge in [0.25, 0.3) is 0 Å². The van der Waals surface area contributed by atoms with Crippen LogP contribution in [0, 0.1) is 11.8 Å².